The van der Waals surface area contributed by atoms with Gasteiger partial charge in [-0.05, 0) is 19.9 Å². The Bertz CT molecular complexity index is 469. The molecule has 1 unspecified atom stereocenters. The lowest BCUT2D eigenvalue weighted by atomic mass is 10.2. The van der Waals surface area contributed by atoms with Gasteiger partial charge in [-0.3, -0.25) is 0 Å². The summed E-state index contributed by atoms with van der Waals surface area (Å²) in [4.78, 5) is 4.17. The normalized spacial score (nSPS) is 23.7. The Morgan fingerprint density at radius 2 is 2.29 bits per heavy atom. The van der Waals surface area contributed by atoms with Crippen molar-refractivity contribution in [2.45, 2.75) is 30.9 Å². The number of nitrogens with zero attached hydrogens (tertiary/aromatic N) is 2. The Morgan fingerprint density at radius 3 is 3.00 bits per heavy atom. The van der Waals surface area contributed by atoms with Crippen molar-refractivity contribution < 1.29 is 12.9 Å². The van der Waals surface area contributed by atoms with E-state index in [1.54, 1.807) is 0 Å². The van der Waals surface area contributed by atoms with Crippen LogP contribution in [-0.2, 0) is 16.3 Å². The van der Waals surface area contributed by atoms with Crippen molar-refractivity contribution in [3.8, 4) is 0 Å². The topological polar surface area (TPSA) is 85.1 Å². The van der Waals surface area contributed by atoms with Crippen LogP contribution in [0.2, 0.25) is 0 Å². The molecule has 0 amide bonds. The molecule has 1 aliphatic heterocycles. The highest BCUT2D eigenvalue weighted by Gasteiger charge is 2.34. The average molecular weight is 259 g/mol. The Morgan fingerprint density at radius 1 is 1.47 bits per heavy atom. The predicted molar refractivity (Wildman–Crippen MR) is 62.3 cm³/mol. The first-order valence-corrected chi connectivity index (χ1v) is 7.53. The van der Waals surface area contributed by atoms with Crippen molar-refractivity contribution in [2.75, 3.05) is 19.3 Å². The molecular formula is C10H17N3O3S. The summed E-state index contributed by atoms with van der Waals surface area (Å²) in [6.45, 7) is 0.746. The van der Waals surface area contributed by atoms with Gasteiger partial charge in [0.2, 0.25) is 5.89 Å². The van der Waals surface area contributed by atoms with Crippen molar-refractivity contribution in [1.82, 2.24) is 15.5 Å². The summed E-state index contributed by atoms with van der Waals surface area (Å²) in [5.41, 5.74) is 0. The first kappa shape index (κ1) is 12.5. The summed E-state index contributed by atoms with van der Waals surface area (Å²) in [6.07, 6.45) is 2.88. The molecule has 0 radical (unpaired) electrons. The van der Waals surface area contributed by atoms with E-state index in [9.17, 15) is 8.42 Å². The molecule has 1 aliphatic rings. The van der Waals surface area contributed by atoms with Crippen LogP contribution in [-0.4, -0.2) is 37.9 Å². The largest absolute Gasteiger partial charge is 0.338 e. The van der Waals surface area contributed by atoms with Crippen molar-refractivity contribution in [2.24, 2.45) is 0 Å². The summed E-state index contributed by atoms with van der Waals surface area (Å²) in [6, 6.07) is 0. The van der Waals surface area contributed by atoms with E-state index in [1.165, 1.54) is 0 Å². The van der Waals surface area contributed by atoms with Crippen LogP contribution in [0.25, 0.3) is 0 Å². The lowest BCUT2D eigenvalue weighted by Crippen LogP contribution is -2.22. The zero-order valence-corrected chi connectivity index (χ0v) is 10.7. The molecule has 1 saturated heterocycles. The summed E-state index contributed by atoms with van der Waals surface area (Å²) >= 11 is 0. The van der Waals surface area contributed by atoms with Crippen LogP contribution in [0.4, 0.5) is 0 Å². The molecule has 2 rings (SSSR count). The molecule has 0 bridgehead atoms. The number of hydrogen-bond acceptors (Lipinski definition) is 6. The molecule has 0 aliphatic carbocycles. The lowest BCUT2D eigenvalue weighted by molar-refractivity contribution is 0.359. The fraction of sp³-hybridized carbons (Fsp3) is 0.800. The maximum absolute atomic E-state index is 11.9. The van der Waals surface area contributed by atoms with Gasteiger partial charge in [-0.1, -0.05) is 11.6 Å². The van der Waals surface area contributed by atoms with E-state index < -0.39 is 15.1 Å². The molecular weight excluding hydrogens is 242 g/mol. The third-order valence-electron chi connectivity index (χ3n) is 2.94. The van der Waals surface area contributed by atoms with Gasteiger partial charge in [-0.2, -0.15) is 4.98 Å². The summed E-state index contributed by atoms with van der Waals surface area (Å²) in [5, 5.41) is 6.19. The van der Waals surface area contributed by atoms with E-state index in [0.29, 0.717) is 18.7 Å². The standard InChI is InChI=1S/C10H17N3O3S/c1-11-6-5-9-12-10(16-13-9)8-4-2-3-7-17(8,14)15/h8,11H,2-7H2,1H3. The number of rotatable bonds is 4. The van der Waals surface area contributed by atoms with Crippen molar-refractivity contribution in [3.63, 3.8) is 0 Å². The van der Waals surface area contributed by atoms with Crippen molar-refractivity contribution in [3.05, 3.63) is 11.7 Å². The maximum atomic E-state index is 11.9. The van der Waals surface area contributed by atoms with Gasteiger partial charge in [0.15, 0.2) is 15.7 Å². The van der Waals surface area contributed by atoms with E-state index in [0.717, 1.165) is 19.4 Å². The van der Waals surface area contributed by atoms with Gasteiger partial charge in [0.05, 0.1) is 5.75 Å². The number of nitrogens with one attached hydrogen (secondary N) is 1. The minimum atomic E-state index is -3.10. The van der Waals surface area contributed by atoms with Gasteiger partial charge < -0.3 is 9.84 Å². The lowest BCUT2D eigenvalue weighted by Gasteiger charge is -2.18. The van der Waals surface area contributed by atoms with Crippen LogP contribution in [0.5, 0.6) is 0 Å². The van der Waals surface area contributed by atoms with Crippen molar-refractivity contribution >= 4 is 9.84 Å². The van der Waals surface area contributed by atoms with E-state index in [-0.39, 0.29) is 11.6 Å². The molecule has 2 heterocycles. The number of likely N-dealkylation sites (N-methyl/N-ethyl adjacent to an activating group) is 1. The second-order valence-electron chi connectivity index (χ2n) is 4.25. The molecule has 0 spiro atoms. The molecule has 1 aromatic heterocycles. The summed E-state index contributed by atoms with van der Waals surface area (Å²) in [5.74, 6) is 1.05. The molecule has 6 nitrogen and oxygen atoms in total. The Kier molecular flexibility index (Phi) is 3.78. The van der Waals surface area contributed by atoms with Crippen LogP contribution in [0, 0.1) is 0 Å². The highest BCUT2D eigenvalue weighted by atomic mass is 32.2. The molecule has 7 heteroatoms. The Hall–Kier alpha value is -0.950. The molecule has 1 aromatic rings. The van der Waals surface area contributed by atoms with Crippen LogP contribution >= 0.6 is 0 Å². The Balaban J connectivity index is 2.13. The second-order valence-corrected chi connectivity index (χ2v) is 6.56. The quantitative estimate of drug-likeness (QED) is 0.846. The van der Waals surface area contributed by atoms with Gasteiger partial charge in [-0.15, -0.1) is 0 Å². The molecule has 0 aromatic carbocycles. The smallest absolute Gasteiger partial charge is 0.244 e. The number of hydrogen-bond donors (Lipinski definition) is 1. The second kappa shape index (κ2) is 5.14. The fourth-order valence-corrected chi connectivity index (χ4v) is 3.79. The molecule has 1 atom stereocenters. The van der Waals surface area contributed by atoms with Gasteiger partial charge in [-0.25, -0.2) is 8.42 Å². The first-order valence-electron chi connectivity index (χ1n) is 5.82. The SMILES string of the molecule is CNCCc1noc(C2CCCCS2(=O)=O)n1. The molecule has 1 N–H and O–H groups in total. The highest BCUT2D eigenvalue weighted by Crippen LogP contribution is 2.32. The molecule has 17 heavy (non-hydrogen) atoms. The highest BCUT2D eigenvalue weighted by molar-refractivity contribution is 7.91. The average Bonchev–Trinajstić information content (AvgIpc) is 2.74. The van der Waals surface area contributed by atoms with Crippen molar-refractivity contribution in [1.29, 1.82) is 0 Å². The van der Waals surface area contributed by atoms with Crippen LogP contribution in [0.15, 0.2) is 4.52 Å². The van der Waals surface area contributed by atoms with E-state index in [1.807, 2.05) is 7.05 Å². The van der Waals surface area contributed by atoms with Crippen LogP contribution in [0.1, 0.15) is 36.2 Å². The third kappa shape index (κ3) is 2.84. The molecule has 0 saturated carbocycles. The van der Waals surface area contributed by atoms with E-state index in [2.05, 4.69) is 15.5 Å². The maximum Gasteiger partial charge on any atom is 0.244 e. The van der Waals surface area contributed by atoms with E-state index >= 15 is 0 Å². The zero-order chi connectivity index (χ0) is 12.3. The fourth-order valence-electron chi connectivity index (χ4n) is 1.97. The Labute approximate surface area is 101 Å². The van der Waals surface area contributed by atoms with Gasteiger partial charge >= 0.3 is 0 Å². The van der Waals surface area contributed by atoms with E-state index in [4.69, 9.17) is 4.52 Å². The minimum absolute atomic E-state index is 0.228. The summed E-state index contributed by atoms with van der Waals surface area (Å²) in [7, 11) is -1.26. The van der Waals surface area contributed by atoms with Gasteiger partial charge in [0.1, 0.15) is 5.25 Å². The zero-order valence-electron chi connectivity index (χ0n) is 9.85. The monoisotopic (exact) mass is 259 g/mol. The van der Waals surface area contributed by atoms with Crippen LogP contribution < -0.4 is 5.32 Å². The van der Waals surface area contributed by atoms with Gasteiger partial charge in [0, 0.05) is 13.0 Å². The minimum Gasteiger partial charge on any atom is -0.338 e. The number of aromatic nitrogens is 2. The third-order valence-corrected chi connectivity index (χ3v) is 5.10. The summed E-state index contributed by atoms with van der Waals surface area (Å²) < 4.78 is 28.8. The first-order chi connectivity index (χ1) is 8.13. The number of sulfone groups is 1. The van der Waals surface area contributed by atoms with Gasteiger partial charge in [0.25, 0.3) is 0 Å². The van der Waals surface area contributed by atoms with Crippen LogP contribution in [0.3, 0.4) is 0 Å². The molecule has 1 fully saturated rings. The molecule has 96 valence electrons. The predicted octanol–water partition coefficient (Wildman–Crippen LogP) is 0.471.